The van der Waals surface area contributed by atoms with Gasteiger partial charge in [0.2, 0.25) is 0 Å². The number of rotatable bonds is 2. The zero-order valence-electron chi connectivity index (χ0n) is 9.45. The van der Waals surface area contributed by atoms with Gasteiger partial charge in [-0.15, -0.1) is 0 Å². The number of hydrogen-bond donors (Lipinski definition) is 1. The number of anilines is 1. The molecular formula is C12H17BrN2S. The highest BCUT2D eigenvalue weighted by Gasteiger charge is 2.21. The van der Waals surface area contributed by atoms with Crippen LogP contribution in [0.2, 0.25) is 0 Å². The summed E-state index contributed by atoms with van der Waals surface area (Å²) in [7, 11) is 0. The Balaban J connectivity index is 2.23. The van der Waals surface area contributed by atoms with Crippen LogP contribution in [0.25, 0.3) is 0 Å². The molecule has 0 saturated carbocycles. The van der Waals surface area contributed by atoms with Crippen LogP contribution in [0.4, 0.5) is 5.69 Å². The summed E-state index contributed by atoms with van der Waals surface area (Å²) in [6.45, 7) is 3.95. The Morgan fingerprint density at radius 1 is 1.56 bits per heavy atom. The number of aryl methyl sites for hydroxylation is 1. The van der Waals surface area contributed by atoms with Crippen LogP contribution in [0.15, 0.2) is 22.7 Å². The molecule has 0 aliphatic carbocycles. The molecule has 1 aliphatic rings. The van der Waals surface area contributed by atoms with Crippen LogP contribution in [0.1, 0.15) is 5.56 Å². The van der Waals surface area contributed by atoms with Gasteiger partial charge in [-0.25, -0.2) is 0 Å². The molecule has 0 radical (unpaired) electrons. The average Bonchev–Trinajstić information content (AvgIpc) is 2.32. The molecule has 1 unspecified atom stereocenters. The summed E-state index contributed by atoms with van der Waals surface area (Å²) >= 11 is 5.59. The first-order valence-corrected chi connectivity index (χ1v) is 7.47. The molecule has 16 heavy (non-hydrogen) atoms. The largest absolute Gasteiger partial charge is 0.366 e. The summed E-state index contributed by atoms with van der Waals surface area (Å²) < 4.78 is 1.18. The lowest BCUT2D eigenvalue weighted by Gasteiger charge is -2.36. The molecule has 0 aromatic heterocycles. The fourth-order valence-corrected chi connectivity index (χ4v) is 3.40. The van der Waals surface area contributed by atoms with Crippen molar-refractivity contribution in [2.24, 2.45) is 5.73 Å². The van der Waals surface area contributed by atoms with E-state index in [-0.39, 0.29) is 0 Å². The molecule has 0 bridgehead atoms. The highest BCUT2D eigenvalue weighted by Crippen LogP contribution is 2.27. The van der Waals surface area contributed by atoms with Crippen LogP contribution >= 0.6 is 27.7 Å². The predicted molar refractivity (Wildman–Crippen MR) is 76.4 cm³/mol. The molecule has 0 spiro atoms. The lowest BCUT2D eigenvalue weighted by molar-refractivity contribution is 0.655. The zero-order chi connectivity index (χ0) is 11.5. The van der Waals surface area contributed by atoms with Gasteiger partial charge < -0.3 is 10.6 Å². The number of hydrogen-bond acceptors (Lipinski definition) is 3. The van der Waals surface area contributed by atoms with Crippen LogP contribution in [0.5, 0.6) is 0 Å². The molecular weight excluding hydrogens is 284 g/mol. The minimum atomic E-state index is 0.480. The van der Waals surface area contributed by atoms with E-state index in [1.54, 1.807) is 0 Å². The Hall–Kier alpha value is -0.190. The van der Waals surface area contributed by atoms with Gasteiger partial charge in [0.15, 0.2) is 0 Å². The lowest BCUT2D eigenvalue weighted by atomic mass is 10.2. The zero-order valence-corrected chi connectivity index (χ0v) is 11.9. The minimum absolute atomic E-state index is 0.480. The number of benzene rings is 1. The summed E-state index contributed by atoms with van der Waals surface area (Å²) in [6, 6.07) is 7.04. The average molecular weight is 301 g/mol. The van der Waals surface area contributed by atoms with E-state index in [0.29, 0.717) is 6.04 Å². The number of thioether (sulfide) groups is 1. The summed E-state index contributed by atoms with van der Waals surface area (Å²) in [4.78, 5) is 2.43. The van der Waals surface area contributed by atoms with E-state index in [0.717, 1.165) is 18.8 Å². The first-order chi connectivity index (χ1) is 7.72. The van der Waals surface area contributed by atoms with Crippen LogP contribution in [-0.2, 0) is 0 Å². The van der Waals surface area contributed by atoms with E-state index in [1.165, 1.54) is 21.5 Å². The lowest BCUT2D eigenvalue weighted by Crippen LogP contribution is -2.46. The van der Waals surface area contributed by atoms with Gasteiger partial charge in [0.05, 0.1) is 6.04 Å². The van der Waals surface area contributed by atoms with Crippen molar-refractivity contribution in [3.8, 4) is 0 Å². The maximum Gasteiger partial charge on any atom is 0.0503 e. The van der Waals surface area contributed by atoms with Crippen molar-refractivity contribution in [3.05, 3.63) is 28.2 Å². The molecule has 1 fully saturated rings. The van der Waals surface area contributed by atoms with E-state index in [2.05, 4.69) is 46.0 Å². The Labute approximate surface area is 110 Å². The second kappa shape index (κ2) is 5.43. The number of nitrogens with two attached hydrogens (primary N) is 1. The molecule has 1 heterocycles. The van der Waals surface area contributed by atoms with Gasteiger partial charge >= 0.3 is 0 Å². The van der Waals surface area contributed by atoms with E-state index in [4.69, 9.17) is 5.73 Å². The molecule has 2 N–H and O–H groups in total. The fraction of sp³-hybridized carbons (Fsp3) is 0.500. The molecule has 1 saturated heterocycles. The third-order valence-corrected chi connectivity index (χ3v) is 4.93. The van der Waals surface area contributed by atoms with Crippen LogP contribution in [-0.4, -0.2) is 30.6 Å². The van der Waals surface area contributed by atoms with E-state index < -0.39 is 0 Å². The molecule has 4 heteroatoms. The fourth-order valence-electron chi connectivity index (χ4n) is 1.95. The van der Waals surface area contributed by atoms with Crippen LogP contribution in [0.3, 0.4) is 0 Å². The molecule has 1 aromatic carbocycles. The maximum atomic E-state index is 5.83. The van der Waals surface area contributed by atoms with Gasteiger partial charge in [-0.2, -0.15) is 11.8 Å². The third-order valence-electron chi connectivity index (χ3n) is 2.99. The van der Waals surface area contributed by atoms with Gasteiger partial charge in [0.25, 0.3) is 0 Å². The van der Waals surface area contributed by atoms with Crippen LogP contribution < -0.4 is 10.6 Å². The predicted octanol–water partition coefficient (Wildman–Crippen LogP) is 2.64. The maximum absolute atomic E-state index is 5.83. The Morgan fingerprint density at radius 3 is 3.06 bits per heavy atom. The van der Waals surface area contributed by atoms with Crippen LogP contribution in [0, 0.1) is 6.92 Å². The smallest absolute Gasteiger partial charge is 0.0503 e. The second-order valence-electron chi connectivity index (χ2n) is 4.09. The standard InChI is InChI=1S/C12H17BrN2S/c1-9-2-3-10(6-12(9)13)15-4-5-16-8-11(15)7-14/h2-3,6,11H,4-5,7-8,14H2,1H3. The molecule has 1 aromatic rings. The Morgan fingerprint density at radius 2 is 2.38 bits per heavy atom. The SMILES string of the molecule is Cc1ccc(N2CCSCC2CN)cc1Br. The third kappa shape index (κ3) is 2.55. The van der Waals surface area contributed by atoms with Gasteiger partial charge in [-0.05, 0) is 24.6 Å². The number of nitrogens with zero attached hydrogens (tertiary/aromatic N) is 1. The summed E-state index contributed by atoms with van der Waals surface area (Å²) in [5.41, 5.74) is 8.39. The van der Waals surface area contributed by atoms with Gasteiger partial charge in [0.1, 0.15) is 0 Å². The van der Waals surface area contributed by atoms with Crippen molar-refractivity contribution in [2.45, 2.75) is 13.0 Å². The molecule has 2 nitrogen and oxygen atoms in total. The Bertz CT molecular complexity index is 370. The highest BCUT2D eigenvalue weighted by molar-refractivity contribution is 9.10. The molecule has 1 atom stereocenters. The normalized spacial score (nSPS) is 21.2. The van der Waals surface area contributed by atoms with Gasteiger partial charge in [0, 0.05) is 34.8 Å². The van der Waals surface area contributed by atoms with E-state index in [9.17, 15) is 0 Å². The topological polar surface area (TPSA) is 29.3 Å². The number of halogens is 1. The summed E-state index contributed by atoms with van der Waals surface area (Å²) in [6.07, 6.45) is 0. The highest BCUT2D eigenvalue weighted by atomic mass is 79.9. The van der Waals surface area contributed by atoms with Crippen molar-refractivity contribution in [3.63, 3.8) is 0 Å². The summed E-state index contributed by atoms with van der Waals surface area (Å²) in [5, 5.41) is 0. The van der Waals surface area contributed by atoms with Crippen molar-refractivity contribution in [2.75, 3.05) is 29.5 Å². The molecule has 2 rings (SSSR count). The summed E-state index contributed by atoms with van der Waals surface area (Å²) in [5.74, 6) is 2.34. The molecule has 88 valence electrons. The van der Waals surface area contributed by atoms with Gasteiger partial charge in [-0.3, -0.25) is 0 Å². The monoisotopic (exact) mass is 300 g/mol. The van der Waals surface area contributed by atoms with Crippen molar-refractivity contribution < 1.29 is 0 Å². The van der Waals surface area contributed by atoms with Gasteiger partial charge in [-0.1, -0.05) is 22.0 Å². The van der Waals surface area contributed by atoms with E-state index in [1.807, 2.05) is 11.8 Å². The van der Waals surface area contributed by atoms with Crippen molar-refractivity contribution in [1.29, 1.82) is 0 Å². The van der Waals surface area contributed by atoms with Crippen molar-refractivity contribution >= 4 is 33.4 Å². The van der Waals surface area contributed by atoms with Crippen molar-refractivity contribution in [1.82, 2.24) is 0 Å². The molecule has 0 amide bonds. The quantitative estimate of drug-likeness (QED) is 0.910. The first-order valence-electron chi connectivity index (χ1n) is 5.53. The minimum Gasteiger partial charge on any atom is -0.366 e. The molecule has 1 aliphatic heterocycles. The Kier molecular flexibility index (Phi) is 4.16. The second-order valence-corrected chi connectivity index (χ2v) is 6.10. The van der Waals surface area contributed by atoms with E-state index >= 15 is 0 Å². The first kappa shape index (κ1) is 12.3.